The van der Waals surface area contributed by atoms with Gasteiger partial charge in [-0.25, -0.2) is 0 Å². The molecule has 1 rings (SSSR count). The van der Waals surface area contributed by atoms with Crippen molar-refractivity contribution in [2.75, 3.05) is 0 Å². The largest absolute Gasteiger partial charge is 0.387 e. The van der Waals surface area contributed by atoms with Crippen LogP contribution in [0.1, 0.15) is 16.7 Å². The van der Waals surface area contributed by atoms with Gasteiger partial charge in [-0.2, -0.15) is 17.6 Å². The lowest BCUT2D eigenvalue weighted by Gasteiger charge is -2.19. The van der Waals surface area contributed by atoms with E-state index >= 15 is 0 Å². The highest BCUT2D eigenvalue weighted by Gasteiger charge is 2.37. The van der Waals surface area contributed by atoms with Crippen molar-refractivity contribution in [3.05, 3.63) is 34.9 Å². The van der Waals surface area contributed by atoms with Crippen molar-refractivity contribution >= 4 is 0 Å². The van der Waals surface area contributed by atoms with Crippen LogP contribution in [0.4, 0.5) is 17.6 Å². The molecule has 0 fully saturated rings. The van der Waals surface area contributed by atoms with E-state index in [1.54, 1.807) is 13.0 Å². The first-order valence-electron chi connectivity index (χ1n) is 4.25. The molecule has 0 aliphatic carbocycles. The number of hydrogen-bond acceptors (Lipinski definition) is 1. The van der Waals surface area contributed by atoms with Crippen molar-refractivity contribution in [2.45, 2.75) is 26.6 Å². The molecule has 0 aliphatic rings. The summed E-state index contributed by atoms with van der Waals surface area (Å²) >= 11 is 0. The fraction of sp³-hybridized carbons (Fsp3) is 0.400. The summed E-state index contributed by atoms with van der Waals surface area (Å²) in [6.07, 6.45) is -3.95. The van der Waals surface area contributed by atoms with Crippen LogP contribution in [-0.4, -0.2) is 6.61 Å². The molecule has 0 atom stereocenters. The molecular formula is C10H10F4O. The van der Waals surface area contributed by atoms with Gasteiger partial charge in [0, 0.05) is 0 Å². The monoisotopic (exact) mass is 222 g/mol. The van der Waals surface area contributed by atoms with Gasteiger partial charge < -0.3 is 0 Å². The van der Waals surface area contributed by atoms with Crippen LogP contribution in [0, 0.1) is 13.8 Å². The van der Waals surface area contributed by atoms with Crippen LogP contribution in [0.5, 0.6) is 0 Å². The minimum Gasteiger partial charge on any atom is -0.254 e. The van der Waals surface area contributed by atoms with Gasteiger partial charge >= 0.3 is 12.7 Å². The zero-order chi connectivity index (χ0) is 11.6. The summed E-state index contributed by atoms with van der Waals surface area (Å²) in [7, 11) is 0. The van der Waals surface area contributed by atoms with Crippen molar-refractivity contribution in [1.29, 1.82) is 0 Å². The van der Waals surface area contributed by atoms with Crippen LogP contribution < -0.4 is 0 Å². The zero-order valence-electron chi connectivity index (χ0n) is 8.23. The van der Waals surface area contributed by atoms with E-state index in [1.807, 2.05) is 0 Å². The van der Waals surface area contributed by atoms with Gasteiger partial charge in [-0.1, -0.05) is 18.2 Å². The van der Waals surface area contributed by atoms with E-state index in [1.165, 1.54) is 13.0 Å². The van der Waals surface area contributed by atoms with Gasteiger partial charge in [-0.05, 0) is 25.0 Å². The second-order valence-corrected chi connectivity index (χ2v) is 3.14. The van der Waals surface area contributed by atoms with E-state index in [0.717, 1.165) is 6.07 Å². The van der Waals surface area contributed by atoms with Crippen molar-refractivity contribution < 1.29 is 22.3 Å². The average Bonchev–Trinajstić information content (AvgIpc) is 2.07. The van der Waals surface area contributed by atoms with Crippen molar-refractivity contribution in [2.24, 2.45) is 0 Å². The van der Waals surface area contributed by atoms with Crippen molar-refractivity contribution in [1.82, 2.24) is 0 Å². The van der Waals surface area contributed by atoms with E-state index < -0.39 is 18.3 Å². The Balaban J connectivity index is 3.09. The van der Waals surface area contributed by atoms with E-state index in [0.29, 0.717) is 5.56 Å². The van der Waals surface area contributed by atoms with Gasteiger partial charge in [0.05, 0.1) is 5.56 Å². The molecule has 84 valence electrons. The molecule has 0 heterocycles. The average molecular weight is 222 g/mol. The number of benzene rings is 1. The molecule has 5 heteroatoms. The van der Waals surface area contributed by atoms with E-state index in [-0.39, 0.29) is 5.56 Å². The molecule has 0 saturated heterocycles. The summed E-state index contributed by atoms with van der Waals surface area (Å²) in [6, 6.07) is 4.07. The normalized spacial score (nSPS) is 12.2. The van der Waals surface area contributed by atoms with E-state index in [2.05, 4.69) is 4.74 Å². The molecule has 0 spiro atoms. The molecule has 1 nitrogen and oxygen atoms in total. The molecule has 0 aromatic heterocycles. The second kappa shape index (κ2) is 4.18. The number of hydrogen-bond donors (Lipinski definition) is 0. The van der Waals surface area contributed by atoms with Crippen LogP contribution >= 0.6 is 0 Å². The maximum absolute atomic E-state index is 13.1. The summed E-state index contributed by atoms with van der Waals surface area (Å²) in [4.78, 5) is 0. The Labute approximate surface area is 84.7 Å². The van der Waals surface area contributed by atoms with Gasteiger partial charge in [0.15, 0.2) is 0 Å². The van der Waals surface area contributed by atoms with Crippen LogP contribution in [0.25, 0.3) is 0 Å². The minimum absolute atomic E-state index is 0.253. The first-order valence-corrected chi connectivity index (χ1v) is 4.25. The Hall–Kier alpha value is -1.10. The van der Waals surface area contributed by atoms with Gasteiger partial charge in [-0.15, -0.1) is 0 Å². The van der Waals surface area contributed by atoms with Crippen LogP contribution in [0.2, 0.25) is 0 Å². The summed E-state index contributed by atoms with van der Waals surface area (Å²) in [5.74, 6) is 0. The van der Waals surface area contributed by atoms with E-state index in [4.69, 9.17) is 0 Å². The van der Waals surface area contributed by atoms with Gasteiger partial charge in [0.2, 0.25) is 0 Å². The topological polar surface area (TPSA) is 9.23 Å². The quantitative estimate of drug-likeness (QED) is 0.710. The minimum atomic E-state index is -3.95. The zero-order valence-corrected chi connectivity index (χ0v) is 8.23. The lowest BCUT2D eigenvalue weighted by molar-refractivity contribution is -0.328. The molecule has 1 aromatic carbocycles. The Morgan fingerprint density at radius 2 is 1.80 bits per heavy atom. The highest BCUT2D eigenvalue weighted by molar-refractivity contribution is 5.34. The third kappa shape index (κ3) is 2.68. The van der Waals surface area contributed by atoms with Crippen LogP contribution in [-0.2, 0) is 10.8 Å². The number of rotatable bonds is 3. The molecule has 0 amide bonds. The molecule has 0 unspecified atom stereocenters. The lowest BCUT2D eigenvalue weighted by Crippen LogP contribution is -2.22. The predicted molar refractivity (Wildman–Crippen MR) is 46.9 cm³/mol. The van der Waals surface area contributed by atoms with Crippen molar-refractivity contribution in [3.8, 4) is 0 Å². The smallest absolute Gasteiger partial charge is 0.254 e. The molecule has 15 heavy (non-hydrogen) atoms. The molecule has 0 N–H and O–H groups in total. The molecule has 0 saturated carbocycles. The molecule has 1 aromatic rings. The molecular weight excluding hydrogens is 212 g/mol. The highest BCUT2D eigenvalue weighted by atomic mass is 19.3. The fourth-order valence-electron chi connectivity index (χ4n) is 1.24. The Bertz CT molecular complexity index is 349. The van der Waals surface area contributed by atoms with E-state index in [9.17, 15) is 17.6 Å². The number of alkyl halides is 4. The first kappa shape index (κ1) is 12.0. The highest BCUT2D eigenvalue weighted by Crippen LogP contribution is 2.34. The van der Waals surface area contributed by atoms with Gasteiger partial charge in [-0.3, -0.25) is 4.74 Å². The summed E-state index contributed by atoms with van der Waals surface area (Å²) < 4.78 is 53.1. The van der Waals surface area contributed by atoms with Crippen LogP contribution in [0.15, 0.2) is 18.2 Å². The molecule has 0 bridgehead atoms. The van der Waals surface area contributed by atoms with Gasteiger partial charge in [0.1, 0.15) is 0 Å². The fourth-order valence-corrected chi connectivity index (χ4v) is 1.24. The maximum atomic E-state index is 13.1. The SMILES string of the molecule is Cc1cccc(C(F)(F)OC(F)F)c1C. The van der Waals surface area contributed by atoms with Crippen LogP contribution in [0.3, 0.4) is 0 Å². The third-order valence-electron chi connectivity index (χ3n) is 2.16. The Kier molecular flexibility index (Phi) is 3.34. The summed E-state index contributed by atoms with van der Waals surface area (Å²) in [5.41, 5.74) is 0.330. The maximum Gasteiger partial charge on any atom is 0.387 e. The summed E-state index contributed by atoms with van der Waals surface area (Å²) in [5, 5.41) is 0. The Morgan fingerprint density at radius 1 is 1.20 bits per heavy atom. The first-order chi connectivity index (χ1) is 6.84. The number of halogens is 4. The Morgan fingerprint density at radius 3 is 2.33 bits per heavy atom. The predicted octanol–water partition coefficient (Wildman–Crippen LogP) is 3.59. The molecule has 0 radical (unpaired) electrons. The number of ether oxygens (including phenoxy) is 1. The third-order valence-corrected chi connectivity index (χ3v) is 2.16. The lowest BCUT2D eigenvalue weighted by atomic mass is 10.0. The standard InChI is InChI=1S/C10H10F4O/c1-6-4-3-5-8(7(6)2)10(13,14)15-9(11)12/h3-5,9H,1-2H3. The molecule has 0 aliphatic heterocycles. The van der Waals surface area contributed by atoms with Crippen molar-refractivity contribution in [3.63, 3.8) is 0 Å². The summed E-state index contributed by atoms with van der Waals surface area (Å²) in [6.45, 7) is -0.440. The number of aryl methyl sites for hydroxylation is 1. The van der Waals surface area contributed by atoms with Gasteiger partial charge in [0.25, 0.3) is 0 Å². The second-order valence-electron chi connectivity index (χ2n) is 3.14.